The van der Waals surface area contributed by atoms with E-state index in [-0.39, 0.29) is 0 Å². The van der Waals surface area contributed by atoms with Crippen molar-refractivity contribution in [2.75, 3.05) is 38.7 Å². The summed E-state index contributed by atoms with van der Waals surface area (Å²) in [5, 5.41) is 6.67. The lowest BCUT2D eigenvalue weighted by atomic mass is 10.1. The lowest BCUT2D eigenvalue weighted by Gasteiger charge is -2.14. The quantitative estimate of drug-likeness (QED) is 0.642. The van der Waals surface area contributed by atoms with Crippen LogP contribution in [0.25, 0.3) is 0 Å². The maximum Gasteiger partial charge on any atom is 0.195 e. The SMILES string of the molecule is CN=C(NCCc1ccc2c(c1)CCO2)Nc1ccc2c(c1)OCCCO2. The molecule has 0 spiro atoms. The van der Waals surface area contributed by atoms with Crippen molar-refractivity contribution in [1.82, 2.24) is 5.32 Å². The van der Waals surface area contributed by atoms with Gasteiger partial charge in [0, 0.05) is 38.2 Å². The number of hydrogen-bond acceptors (Lipinski definition) is 4. The molecule has 0 atom stereocenters. The lowest BCUT2D eigenvalue weighted by molar-refractivity contribution is 0.297. The van der Waals surface area contributed by atoms with Gasteiger partial charge in [0.25, 0.3) is 0 Å². The summed E-state index contributed by atoms with van der Waals surface area (Å²) < 4.78 is 17.0. The van der Waals surface area contributed by atoms with Crippen LogP contribution in [0.4, 0.5) is 5.69 Å². The molecule has 0 amide bonds. The molecule has 2 heterocycles. The molecule has 142 valence electrons. The molecule has 27 heavy (non-hydrogen) atoms. The molecule has 4 rings (SSSR count). The molecule has 2 aromatic rings. The Balaban J connectivity index is 1.32. The number of ether oxygens (including phenoxy) is 3. The first-order chi connectivity index (χ1) is 13.3. The second-order valence-electron chi connectivity index (χ2n) is 6.63. The average Bonchev–Trinajstić information content (AvgIpc) is 3.03. The Morgan fingerprint density at radius 3 is 2.67 bits per heavy atom. The fourth-order valence-electron chi connectivity index (χ4n) is 3.28. The number of rotatable bonds is 4. The van der Waals surface area contributed by atoms with E-state index in [9.17, 15) is 0 Å². The van der Waals surface area contributed by atoms with E-state index in [0.717, 1.165) is 61.3 Å². The molecule has 0 radical (unpaired) electrons. The van der Waals surface area contributed by atoms with Crippen molar-refractivity contribution in [3.63, 3.8) is 0 Å². The second kappa shape index (κ2) is 8.20. The van der Waals surface area contributed by atoms with E-state index in [1.165, 1.54) is 11.1 Å². The Hall–Kier alpha value is -2.89. The van der Waals surface area contributed by atoms with Crippen molar-refractivity contribution >= 4 is 11.6 Å². The Kier molecular flexibility index (Phi) is 5.32. The smallest absolute Gasteiger partial charge is 0.195 e. The van der Waals surface area contributed by atoms with Crippen molar-refractivity contribution in [2.24, 2.45) is 4.99 Å². The van der Waals surface area contributed by atoms with E-state index in [1.807, 2.05) is 18.2 Å². The first kappa shape index (κ1) is 17.5. The summed E-state index contributed by atoms with van der Waals surface area (Å²) in [6.07, 6.45) is 2.83. The van der Waals surface area contributed by atoms with Crippen molar-refractivity contribution < 1.29 is 14.2 Å². The van der Waals surface area contributed by atoms with E-state index >= 15 is 0 Å². The van der Waals surface area contributed by atoms with Gasteiger partial charge in [0.1, 0.15) is 5.75 Å². The van der Waals surface area contributed by atoms with Crippen molar-refractivity contribution in [3.05, 3.63) is 47.5 Å². The molecule has 6 nitrogen and oxygen atoms in total. The third kappa shape index (κ3) is 4.27. The minimum absolute atomic E-state index is 0.676. The Bertz CT molecular complexity index is 835. The number of fused-ring (bicyclic) bond motifs is 2. The van der Waals surface area contributed by atoms with Gasteiger partial charge in [-0.25, -0.2) is 0 Å². The summed E-state index contributed by atoms with van der Waals surface area (Å²) >= 11 is 0. The van der Waals surface area contributed by atoms with Crippen LogP contribution < -0.4 is 24.8 Å². The van der Waals surface area contributed by atoms with Crippen LogP contribution in [0.15, 0.2) is 41.4 Å². The van der Waals surface area contributed by atoms with Gasteiger partial charge in [-0.3, -0.25) is 4.99 Å². The zero-order valence-electron chi connectivity index (χ0n) is 15.6. The molecule has 0 saturated heterocycles. The van der Waals surface area contributed by atoms with Crippen LogP contribution in [0.2, 0.25) is 0 Å². The van der Waals surface area contributed by atoms with Gasteiger partial charge in [0.05, 0.1) is 19.8 Å². The molecule has 0 bridgehead atoms. The van der Waals surface area contributed by atoms with E-state index in [1.54, 1.807) is 7.05 Å². The van der Waals surface area contributed by atoms with Gasteiger partial charge in [-0.05, 0) is 35.7 Å². The first-order valence-corrected chi connectivity index (χ1v) is 9.44. The van der Waals surface area contributed by atoms with E-state index < -0.39 is 0 Å². The van der Waals surface area contributed by atoms with Gasteiger partial charge in [-0.15, -0.1) is 0 Å². The van der Waals surface area contributed by atoms with Crippen LogP contribution in [0.1, 0.15) is 17.5 Å². The molecule has 0 saturated carbocycles. The molecule has 6 heteroatoms. The summed E-state index contributed by atoms with van der Waals surface area (Å²) in [5.41, 5.74) is 3.53. The van der Waals surface area contributed by atoms with E-state index in [0.29, 0.717) is 13.2 Å². The highest BCUT2D eigenvalue weighted by atomic mass is 16.5. The van der Waals surface area contributed by atoms with Gasteiger partial charge in [0.2, 0.25) is 0 Å². The van der Waals surface area contributed by atoms with Gasteiger partial charge >= 0.3 is 0 Å². The van der Waals surface area contributed by atoms with Crippen LogP contribution >= 0.6 is 0 Å². The largest absolute Gasteiger partial charge is 0.493 e. The fraction of sp³-hybridized carbons (Fsp3) is 0.381. The third-order valence-corrected chi connectivity index (χ3v) is 4.69. The minimum atomic E-state index is 0.676. The predicted molar refractivity (Wildman–Crippen MR) is 106 cm³/mol. The summed E-state index contributed by atoms with van der Waals surface area (Å²) in [7, 11) is 1.77. The molecule has 0 unspecified atom stereocenters. The zero-order valence-corrected chi connectivity index (χ0v) is 15.6. The molecule has 2 aliphatic rings. The fourth-order valence-corrected chi connectivity index (χ4v) is 3.28. The number of nitrogens with one attached hydrogen (secondary N) is 2. The molecule has 0 aromatic heterocycles. The number of hydrogen-bond donors (Lipinski definition) is 2. The maximum absolute atomic E-state index is 5.74. The van der Waals surface area contributed by atoms with E-state index in [2.05, 4.69) is 33.8 Å². The van der Waals surface area contributed by atoms with Crippen molar-refractivity contribution in [3.8, 4) is 17.2 Å². The van der Waals surface area contributed by atoms with Crippen molar-refractivity contribution in [1.29, 1.82) is 0 Å². The predicted octanol–water partition coefficient (Wildman–Crippen LogP) is 3.01. The first-order valence-electron chi connectivity index (χ1n) is 9.44. The minimum Gasteiger partial charge on any atom is -0.493 e. The van der Waals surface area contributed by atoms with Gasteiger partial charge in [0.15, 0.2) is 17.5 Å². The highest BCUT2D eigenvalue weighted by Crippen LogP contribution is 2.32. The molecule has 0 aliphatic carbocycles. The van der Waals surface area contributed by atoms with Crippen LogP contribution in [-0.4, -0.2) is 39.4 Å². The number of benzene rings is 2. The summed E-state index contributed by atoms with van der Waals surface area (Å²) in [6.45, 7) is 2.96. The Morgan fingerprint density at radius 1 is 0.963 bits per heavy atom. The topological polar surface area (TPSA) is 64.1 Å². The maximum atomic E-state index is 5.74. The molecule has 2 aromatic carbocycles. The Labute approximate surface area is 159 Å². The number of anilines is 1. The summed E-state index contributed by atoms with van der Waals surface area (Å²) in [5.74, 6) is 3.32. The lowest BCUT2D eigenvalue weighted by Crippen LogP contribution is -2.32. The van der Waals surface area contributed by atoms with Gasteiger partial charge in [-0.1, -0.05) is 12.1 Å². The molecule has 2 aliphatic heterocycles. The van der Waals surface area contributed by atoms with Gasteiger partial charge < -0.3 is 24.8 Å². The Morgan fingerprint density at radius 2 is 1.78 bits per heavy atom. The average molecular weight is 367 g/mol. The van der Waals surface area contributed by atoms with Crippen LogP contribution in [0.5, 0.6) is 17.2 Å². The van der Waals surface area contributed by atoms with Crippen LogP contribution in [-0.2, 0) is 12.8 Å². The number of aliphatic imine (C=N–C) groups is 1. The standard InChI is InChI=1S/C21H25N3O3/c1-22-21(23-9-7-15-3-5-18-16(13-15)8-12-27-18)24-17-4-6-19-20(14-17)26-11-2-10-25-19/h3-6,13-14H,2,7-12H2,1H3,(H2,22,23,24). The van der Waals surface area contributed by atoms with Crippen molar-refractivity contribution in [2.45, 2.75) is 19.3 Å². The molecule has 0 fully saturated rings. The number of guanidine groups is 1. The highest BCUT2D eigenvalue weighted by molar-refractivity contribution is 5.93. The molecule has 2 N–H and O–H groups in total. The van der Waals surface area contributed by atoms with Gasteiger partial charge in [-0.2, -0.15) is 0 Å². The zero-order chi connectivity index (χ0) is 18.5. The van der Waals surface area contributed by atoms with Crippen LogP contribution in [0, 0.1) is 0 Å². The summed E-state index contributed by atoms with van der Waals surface area (Å²) in [6, 6.07) is 12.3. The van der Waals surface area contributed by atoms with E-state index in [4.69, 9.17) is 14.2 Å². The van der Waals surface area contributed by atoms with Crippen LogP contribution in [0.3, 0.4) is 0 Å². The normalized spacial score (nSPS) is 15.5. The molecular formula is C21H25N3O3. The number of nitrogens with zero attached hydrogens (tertiary/aromatic N) is 1. The summed E-state index contributed by atoms with van der Waals surface area (Å²) in [4.78, 5) is 4.31. The monoisotopic (exact) mass is 367 g/mol. The third-order valence-electron chi connectivity index (χ3n) is 4.69. The molecular weight excluding hydrogens is 342 g/mol. The second-order valence-corrected chi connectivity index (χ2v) is 6.63. The highest BCUT2D eigenvalue weighted by Gasteiger charge is 2.13.